The van der Waals surface area contributed by atoms with Crippen LogP contribution >= 0.6 is 0 Å². The van der Waals surface area contributed by atoms with Gasteiger partial charge in [-0.2, -0.15) is 0 Å². The number of benzene rings is 1. The molecule has 4 heteroatoms. The molecule has 2 unspecified atom stereocenters. The number of rotatable bonds is 5. The van der Waals surface area contributed by atoms with Gasteiger partial charge in [-0.1, -0.05) is 19.1 Å². The lowest BCUT2D eigenvalue weighted by Crippen LogP contribution is -2.46. The predicted octanol–water partition coefficient (Wildman–Crippen LogP) is 2.69. The molecule has 1 saturated heterocycles. The molecule has 21 heavy (non-hydrogen) atoms. The number of nitrogens with one attached hydrogen (secondary N) is 1. The third kappa shape index (κ3) is 3.05. The zero-order valence-electron chi connectivity index (χ0n) is 13.2. The van der Waals surface area contributed by atoms with Gasteiger partial charge in [-0.05, 0) is 50.9 Å². The first kappa shape index (κ1) is 15.8. The Morgan fingerprint density at radius 2 is 2.24 bits per heavy atom. The topological polar surface area (TPSA) is 52.6 Å². The van der Waals surface area contributed by atoms with Crippen LogP contribution in [0, 0.1) is 5.41 Å². The quantitative estimate of drug-likeness (QED) is 0.876. The third-order valence-corrected chi connectivity index (χ3v) is 4.80. The molecular formula is C17H26N2O2. The summed E-state index contributed by atoms with van der Waals surface area (Å²) in [4.78, 5) is 15.0. The van der Waals surface area contributed by atoms with Gasteiger partial charge >= 0.3 is 0 Å². The van der Waals surface area contributed by atoms with Crippen molar-refractivity contribution in [3.05, 3.63) is 29.8 Å². The molecule has 0 spiro atoms. The molecule has 0 saturated carbocycles. The van der Waals surface area contributed by atoms with Crippen molar-refractivity contribution in [2.24, 2.45) is 5.41 Å². The molecule has 1 aromatic rings. The molecule has 2 atom stereocenters. The maximum atomic E-state index is 13.1. The molecule has 0 radical (unpaired) electrons. The maximum absolute atomic E-state index is 13.1. The van der Waals surface area contributed by atoms with Gasteiger partial charge in [0.25, 0.3) is 0 Å². The van der Waals surface area contributed by atoms with Crippen molar-refractivity contribution in [3.8, 4) is 5.75 Å². The first-order valence-electron chi connectivity index (χ1n) is 7.85. The highest BCUT2D eigenvalue weighted by atomic mass is 16.3. The van der Waals surface area contributed by atoms with Gasteiger partial charge in [-0.3, -0.25) is 4.79 Å². The molecule has 1 aliphatic rings. The molecule has 1 aromatic carbocycles. The van der Waals surface area contributed by atoms with Crippen molar-refractivity contribution in [1.82, 2.24) is 10.2 Å². The lowest BCUT2D eigenvalue weighted by molar-refractivity contribution is -0.143. The van der Waals surface area contributed by atoms with Crippen molar-refractivity contribution in [1.29, 1.82) is 0 Å². The largest absolute Gasteiger partial charge is 0.508 e. The number of carbonyl (C=O) groups excluding carboxylic acids is 1. The van der Waals surface area contributed by atoms with Gasteiger partial charge in [0.05, 0.1) is 11.5 Å². The van der Waals surface area contributed by atoms with Crippen LogP contribution in [-0.2, 0) is 4.79 Å². The third-order valence-electron chi connectivity index (χ3n) is 4.80. The van der Waals surface area contributed by atoms with Gasteiger partial charge in [-0.25, -0.2) is 0 Å². The SMILES string of the molecule is CCN(C(=O)C1(CC)CCNC1)C(C)c1cccc(O)c1. The van der Waals surface area contributed by atoms with Crippen molar-refractivity contribution in [2.45, 2.75) is 39.7 Å². The number of amides is 1. The van der Waals surface area contributed by atoms with E-state index in [1.54, 1.807) is 12.1 Å². The van der Waals surface area contributed by atoms with E-state index in [0.29, 0.717) is 6.54 Å². The second-order valence-electron chi connectivity index (χ2n) is 5.92. The number of nitrogens with zero attached hydrogens (tertiary/aromatic N) is 1. The van der Waals surface area contributed by atoms with Gasteiger partial charge in [-0.15, -0.1) is 0 Å². The molecular weight excluding hydrogens is 264 g/mol. The summed E-state index contributed by atoms with van der Waals surface area (Å²) in [6, 6.07) is 7.16. The standard InChI is InChI=1S/C17H26N2O2/c1-4-17(9-10-18-12-17)16(21)19(5-2)13(3)14-7-6-8-15(20)11-14/h6-8,11,13,18,20H,4-5,9-10,12H2,1-3H3. The molecule has 1 heterocycles. The van der Waals surface area contributed by atoms with Crippen LogP contribution in [0.15, 0.2) is 24.3 Å². The Morgan fingerprint density at radius 3 is 2.76 bits per heavy atom. The molecule has 0 aromatic heterocycles. The summed E-state index contributed by atoms with van der Waals surface area (Å²) in [7, 11) is 0. The summed E-state index contributed by atoms with van der Waals surface area (Å²) in [6.45, 7) is 8.50. The normalized spacial score (nSPS) is 23.0. The minimum absolute atomic E-state index is 0.0291. The molecule has 1 amide bonds. The van der Waals surface area contributed by atoms with Gasteiger partial charge < -0.3 is 15.3 Å². The Labute approximate surface area is 127 Å². The van der Waals surface area contributed by atoms with Crippen LogP contribution in [-0.4, -0.2) is 35.5 Å². The zero-order valence-corrected chi connectivity index (χ0v) is 13.2. The molecule has 2 N–H and O–H groups in total. The number of phenols is 1. The van der Waals surface area contributed by atoms with Crippen LogP contribution in [0.5, 0.6) is 5.75 Å². The summed E-state index contributed by atoms with van der Waals surface area (Å²) in [5.74, 6) is 0.476. The van der Waals surface area contributed by atoms with E-state index in [9.17, 15) is 9.90 Å². The minimum atomic E-state index is -0.263. The molecule has 1 aliphatic heterocycles. The average Bonchev–Trinajstić information content (AvgIpc) is 2.98. The molecule has 0 aliphatic carbocycles. The number of phenolic OH excluding ortho intramolecular Hbond substituents is 1. The molecule has 1 fully saturated rings. The number of aromatic hydroxyl groups is 1. The van der Waals surface area contributed by atoms with Crippen molar-refractivity contribution in [2.75, 3.05) is 19.6 Å². The maximum Gasteiger partial charge on any atom is 0.230 e. The van der Waals surface area contributed by atoms with E-state index in [1.165, 1.54) is 0 Å². The minimum Gasteiger partial charge on any atom is -0.508 e. The van der Waals surface area contributed by atoms with Gasteiger partial charge in [0.1, 0.15) is 5.75 Å². The summed E-state index contributed by atoms with van der Waals surface area (Å²) < 4.78 is 0. The van der Waals surface area contributed by atoms with E-state index >= 15 is 0 Å². The number of carbonyl (C=O) groups is 1. The first-order valence-corrected chi connectivity index (χ1v) is 7.85. The van der Waals surface area contributed by atoms with Gasteiger partial charge in [0.15, 0.2) is 0 Å². The second kappa shape index (κ2) is 6.48. The Morgan fingerprint density at radius 1 is 1.48 bits per heavy atom. The van der Waals surface area contributed by atoms with Gasteiger partial charge in [0, 0.05) is 13.1 Å². The van der Waals surface area contributed by atoms with E-state index in [2.05, 4.69) is 12.2 Å². The van der Waals surface area contributed by atoms with E-state index in [0.717, 1.165) is 31.5 Å². The summed E-state index contributed by atoms with van der Waals surface area (Å²) in [6.07, 6.45) is 1.77. The molecule has 4 nitrogen and oxygen atoms in total. The average molecular weight is 290 g/mol. The summed E-state index contributed by atoms with van der Waals surface area (Å²) in [5.41, 5.74) is 0.712. The van der Waals surface area contributed by atoms with Crippen LogP contribution in [0.3, 0.4) is 0 Å². The lowest BCUT2D eigenvalue weighted by Gasteiger charge is -2.36. The second-order valence-corrected chi connectivity index (χ2v) is 5.92. The fourth-order valence-corrected chi connectivity index (χ4v) is 3.24. The number of hydrogen-bond acceptors (Lipinski definition) is 3. The highest BCUT2D eigenvalue weighted by Crippen LogP contribution is 2.35. The summed E-state index contributed by atoms with van der Waals surface area (Å²) in [5, 5.41) is 13.0. The Bertz CT molecular complexity index is 495. The predicted molar refractivity (Wildman–Crippen MR) is 84.1 cm³/mol. The first-order chi connectivity index (χ1) is 10.0. The van der Waals surface area contributed by atoms with Crippen LogP contribution in [0.2, 0.25) is 0 Å². The fourth-order valence-electron chi connectivity index (χ4n) is 3.24. The van der Waals surface area contributed by atoms with Crippen molar-refractivity contribution >= 4 is 5.91 Å². The van der Waals surface area contributed by atoms with Crippen LogP contribution in [0.25, 0.3) is 0 Å². The van der Waals surface area contributed by atoms with Crippen molar-refractivity contribution < 1.29 is 9.90 Å². The monoisotopic (exact) mass is 290 g/mol. The highest BCUT2D eigenvalue weighted by Gasteiger charge is 2.42. The van der Waals surface area contributed by atoms with E-state index in [-0.39, 0.29) is 23.1 Å². The van der Waals surface area contributed by atoms with E-state index in [1.807, 2.05) is 30.9 Å². The summed E-state index contributed by atoms with van der Waals surface area (Å²) >= 11 is 0. The number of hydrogen-bond donors (Lipinski definition) is 2. The highest BCUT2D eigenvalue weighted by molar-refractivity contribution is 5.83. The van der Waals surface area contributed by atoms with Crippen LogP contribution < -0.4 is 5.32 Å². The van der Waals surface area contributed by atoms with Crippen LogP contribution in [0.1, 0.15) is 45.2 Å². The van der Waals surface area contributed by atoms with Gasteiger partial charge in [0.2, 0.25) is 5.91 Å². The Balaban J connectivity index is 2.24. The van der Waals surface area contributed by atoms with Crippen LogP contribution in [0.4, 0.5) is 0 Å². The van der Waals surface area contributed by atoms with Crippen molar-refractivity contribution in [3.63, 3.8) is 0 Å². The molecule has 0 bridgehead atoms. The Kier molecular flexibility index (Phi) is 4.88. The molecule has 116 valence electrons. The molecule has 2 rings (SSSR count). The zero-order chi connectivity index (χ0) is 15.5. The smallest absolute Gasteiger partial charge is 0.230 e. The lowest BCUT2D eigenvalue weighted by atomic mass is 9.82. The Hall–Kier alpha value is -1.55. The van der Waals surface area contributed by atoms with E-state index in [4.69, 9.17) is 0 Å². The van der Waals surface area contributed by atoms with E-state index < -0.39 is 0 Å². The fraction of sp³-hybridized carbons (Fsp3) is 0.588.